The predicted molar refractivity (Wildman–Crippen MR) is 141 cm³/mol. The van der Waals surface area contributed by atoms with Gasteiger partial charge in [-0.15, -0.1) is 0 Å². The Bertz CT molecular complexity index is 1370. The van der Waals surface area contributed by atoms with E-state index in [1.54, 1.807) is 11.2 Å². The van der Waals surface area contributed by atoms with Crippen LogP contribution < -0.4 is 20.1 Å². The van der Waals surface area contributed by atoms with E-state index in [0.717, 1.165) is 65.7 Å². The number of sulfonamides is 1. The van der Waals surface area contributed by atoms with Gasteiger partial charge in [-0.3, -0.25) is 9.71 Å². The Morgan fingerprint density at radius 2 is 1.83 bits per heavy atom. The zero-order valence-electron chi connectivity index (χ0n) is 20.0. The van der Waals surface area contributed by atoms with E-state index >= 15 is 0 Å². The topological polar surface area (TPSA) is 109 Å². The molecule has 1 saturated heterocycles. The standard InChI is InChI=1S/C27H32N4O3S/c1-2-35(32,33)31-25(19-5-3-18-4-6-21(27(28)29)16-22(18)15-19)9-7-20-17-24(8-10-26(20)31)34-23-11-13-30-14-12-23/h3-6,8,10,15-17,23,25,30H,2,7,9,11-14H2,1H3,(H3,28,29). The molecule has 5 rings (SSSR count). The third-order valence-electron chi connectivity index (χ3n) is 7.07. The van der Waals surface area contributed by atoms with Crippen LogP contribution in [0.2, 0.25) is 0 Å². The lowest BCUT2D eigenvalue weighted by Gasteiger charge is -2.38. The molecule has 0 radical (unpaired) electrons. The first-order chi connectivity index (χ1) is 16.9. The van der Waals surface area contributed by atoms with Gasteiger partial charge in [0.05, 0.1) is 17.5 Å². The molecule has 0 aliphatic carbocycles. The van der Waals surface area contributed by atoms with Crippen molar-refractivity contribution < 1.29 is 13.2 Å². The monoisotopic (exact) mass is 492 g/mol. The molecule has 0 amide bonds. The Labute approximate surface area is 206 Å². The number of nitrogen functional groups attached to an aromatic ring is 1. The van der Waals surface area contributed by atoms with E-state index in [2.05, 4.69) is 5.32 Å². The number of benzene rings is 3. The van der Waals surface area contributed by atoms with Crippen molar-refractivity contribution >= 4 is 32.3 Å². The second-order valence-electron chi connectivity index (χ2n) is 9.34. The number of ether oxygens (including phenoxy) is 1. The van der Waals surface area contributed by atoms with Crippen LogP contribution in [0, 0.1) is 5.41 Å². The highest BCUT2D eigenvalue weighted by atomic mass is 32.2. The number of amidine groups is 1. The summed E-state index contributed by atoms with van der Waals surface area (Å²) in [6, 6.07) is 17.2. The second-order valence-corrected chi connectivity index (χ2v) is 11.5. The van der Waals surface area contributed by atoms with Gasteiger partial charge in [0.25, 0.3) is 0 Å². The van der Waals surface area contributed by atoms with Crippen LogP contribution in [0.1, 0.15) is 48.9 Å². The van der Waals surface area contributed by atoms with Crippen LogP contribution in [0.5, 0.6) is 5.75 Å². The van der Waals surface area contributed by atoms with E-state index in [9.17, 15) is 8.42 Å². The van der Waals surface area contributed by atoms with Crippen LogP contribution in [0.15, 0.2) is 54.6 Å². The molecule has 4 N–H and O–H groups in total. The van der Waals surface area contributed by atoms with Gasteiger partial charge in [-0.1, -0.05) is 24.3 Å². The van der Waals surface area contributed by atoms with E-state index in [4.69, 9.17) is 15.9 Å². The molecule has 1 unspecified atom stereocenters. The summed E-state index contributed by atoms with van der Waals surface area (Å²) in [4.78, 5) is 0. The Hall–Kier alpha value is -3.10. The van der Waals surface area contributed by atoms with Crippen LogP contribution >= 0.6 is 0 Å². The lowest BCUT2D eigenvalue weighted by molar-refractivity contribution is 0.162. The van der Waals surface area contributed by atoms with E-state index < -0.39 is 10.0 Å². The van der Waals surface area contributed by atoms with Crippen molar-refractivity contribution in [1.29, 1.82) is 5.41 Å². The molecule has 184 valence electrons. The van der Waals surface area contributed by atoms with Crippen molar-refractivity contribution in [3.63, 3.8) is 0 Å². The van der Waals surface area contributed by atoms with E-state index in [1.165, 1.54) is 0 Å². The van der Waals surface area contributed by atoms with Gasteiger partial charge in [0.1, 0.15) is 17.7 Å². The molecule has 2 aliphatic heterocycles. The van der Waals surface area contributed by atoms with Crippen LogP contribution in [0.25, 0.3) is 10.8 Å². The molecule has 2 aliphatic rings. The molecule has 7 nitrogen and oxygen atoms in total. The summed E-state index contributed by atoms with van der Waals surface area (Å²) in [6.07, 6.45) is 3.59. The van der Waals surface area contributed by atoms with Crippen LogP contribution in [0.3, 0.4) is 0 Å². The fourth-order valence-electron chi connectivity index (χ4n) is 5.16. The smallest absolute Gasteiger partial charge is 0.235 e. The number of hydrogen-bond acceptors (Lipinski definition) is 5. The Morgan fingerprint density at radius 3 is 2.57 bits per heavy atom. The maximum absolute atomic E-state index is 13.4. The average Bonchev–Trinajstić information content (AvgIpc) is 2.87. The van der Waals surface area contributed by atoms with Gasteiger partial charge in [0.15, 0.2) is 0 Å². The molecule has 1 fully saturated rings. The first-order valence-electron chi connectivity index (χ1n) is 12.3. The fourth-order valence-corrected chi connectivity index (χ4v) is 6.53. The third-order valence-corrected chi connectivity index (χ3v) is 8.85. The molecular weight excluding hydrogens is 460 g/mol. The van der Waals surface area contributed by atoms with Gasteiger partial charge in [0.2, 0.25) is 10.0 Å². The number of anilines is 1. The van der Waals surface area contributed by atoms with E-state index in [-0.39, 0.29) is 23.7 Å². The van der Waals surface area contributed by atoms with Crippen molar-refractivity contribution in [1.82, 2.24) is 5.32 Å². The lowest BCUT2D eigenvalue weighted by atomic mass is 9.91. The Kier molecular flexibility index (Phi) is 6.42. The highest BCUT2D eigenvalue weighted by Crippen LogP contribution is 2.42. The van der Waals surface area contributed by atoms with Gasteiger partial charge in [-0.25, -0.2) is 8.42 Å². The molecule has 3 aromatic carbocycles. The number of nitrogens with zero attached hydrogens (tertiary/aromatic N) is 1. The van der Waals surface area contributed by atoms with Crippen LogP contribution in [0.4, 0.5) is 5.69 Å². The molecule has 0 bridgehead atoms. The van der Waals surface area contributed by atoms with Gasteiger partial charge in [-0.2, -0.15) is 0 Å². The van der Waals surface area contributed by atoms with Gasteiger partial charge >= 0.3 is 0 Å². The van der Waals surface area contributed by atoms with Gasteiger partial charge in [-0.05, 0) is 97.9 Å². The summed E-state index contributed by atoms with van der Waals surface area (Å²) in [6.45, 7) is 3.60. The van der Waals surface area contributed by atoms with Crippen molar-refractivity contribution in [3.05, 3.63) is 71.3 Å². The minimum absolute atomic E-state index is 0.0154. The Morgan fingerprint density at radius 1 is 1.06 bits per heavy atom. The fraction of sp³-hybridized carbons (Fsp3) is 0.370. The Balaban J connectivity index is 1.51. The maximum atomic E-state index is 13.4. The summed E-state index contributed by atoms with van der Waals surface area (Å²) < 4.78 is 34.5. The zero-order chi connectivity index (χ0) is 24.6. The summed E-state index contributed by atoms with van der Waals surface area (Å²) in [5.41, 5.74) is 9.02. The number of piperidine rings is 1. The first kappa shape index (κ1) is 23.6. The van der Waals surface area contributed by atoms with Crippen LogP contribution in [-0.4, -0.2) is 39.2 Å². The maximum Gasteiger partial charge on any atom is 0.235 e. The minimum atomic E-state index is -3.52. The van der Waals surface area contributed by atoms with Crippen LogP contribution in [-0.2, 0) is 16.4 Å². The number of fused-ring (bicyclic) bond motifs is 2. The van der Waals surface area contributed by atoms with Gasteiger partial charge < -0.3 is 15.8 Å². The molecule has 3 aromatic rings. The molecular formula is C27H32N4O3S. The van der Waals surface area contributed by atoms with E-state index in [0.29, 0.717) is 12.0 Å². The SMILES string of the molecule is CCS(=O)(=O)N1c2ccc(OC3CCNCC3)cc2CCC1c1ccc2ccc(C(=N)N)cc2c1. The quantitative estimate of drug-likeness (QED) is 0.355. The number of aryl methyl sites for hydroxylation is 1. The largest absolute Gasteiger partial charge is 0.490 e. The van der Waals surface area contributed by atoms with E-state index in [1.807, 2.05) is 54.6 Å². The van der Waals surface area contributed by atoms with Gasteiger partial charge in [0, 0.05) is 5.56 Å². The molecule has 35 heavy (non-hydrogen) atoms. The lowest BCUT2D eigenvalue weighted by Crippen LogP contribution is -2.39. The molecule has 2 heterocycles. The summed E-state index contributed by atoms with van der Waals surface area (Å²) in [7, 11) is -3.52. The van der Waals surface area contributed by atoms with Crippen molar-refractivity contribution in [3.8, 4) is 5.75 Å². The van der Waals surface area contributed by atoms with Crippen molar-refractivity contribution in [2.24, 2.45) is 5.73 Å². The number of rotatable bonds is 6. The second kappa shape index (κ2) is 9.51. The third kappa shape index (κ3) is 4.73. The highest BCUT2D eigenvalue weighted by molar-refractivity contribution is 7.92. The molecule has 1 atom stereocenters. The normalized spacial score (nSPS) is 18.9. The first-order valence-corrected chi connectivity index (χ1v) is 13.9. The minimum Gasteiger partial charge on any atom is -0.490 e. The number of nitrogens with one attached hydrogen (secondary N) is 2. The predicted octanol–water partition coefficient (Wildman–Crippen LogP) is 4.10. The molecule has 0 saturated carbocycles. The molecule has 0 aromatic heterocycles. The highest BCUT2D eigenvalue weighted by Gasteiger charge is 2.35. The van der Waals surface area contributed by atoms with Crippen molar-refractivity contribution in [2.75, 3.05) is 23.1 Å². The number of nitrogens with two attached hydrogens (primary N) is 1. The summed E-state index contributed by atoms with van der Waals surface area (Å²) in [5, 5.41) is 13.1. The zero-order valence-corrected chi connectivity index (χ0v) is 20.8. The van der Waals surface area contributed by atoms with Crippen molar-refractivity contribution in [2.45, 2.75) is 44.8 Å². The average molecular weight is 493 g/mol. The molecule has 8 heteroatoms. The molecule has 0 spiro atoms. The summed E-state index contributed by atoms with van der Waals surface area (Å²) in [5.74, 6) is 0.852. The summed E-state index contributed by atoms with van der Waals surface area (Å²) >= 11 is 0. The number of hydrogen-bond donors (Lipinski definition) is 3.